The van der Waals surface area contributed by atoms with Crippen molar-refractivity contribution in [3.63, 3.8) is 0 Å². The largest absolute Gasteiger partial charge is 0.491 e. The van der Waals surface area contributed by atoms with Crippen LogP contribution in [0.3, 0.4) is 0 Å². The molecule has 1 atom stereocenters. The molecule has 1 fully saturated rings. The van der Waals surface area contributed by atoms with E-state index in [2.05, 4.69) is 11.8 Å². The number of hydrogen-bond acceptors (Lipinski definition) is 3. The number of likely N-dealkylation sites (tertiary alicyclic amines) is 1. The second-order valence-electron chi connectivity index (χ2n) is 5.32. The van der Waals surface area contributed by atoms with Crippen LogP contribution in [0.2, 0.25) is 0 Å². The van der Waals surface area contributed by atoms with E-state index in [0.717, 1.165) is 24.8 Å². The van der Waals surface area contributed by atoms with Gasteiger partial charge >= 0.3 is 0 Å². The minimum atomic E-state index is 0.625. The van der Waals surface area contributed by atoms with Gasteiger partial charge in [-0.15, -0.1) is 0 Å². The van der Waals surface area contributed by atoms with Gasteiger partial charge in [-0.3, -0.25) is 0 Å². The van der Waals surface area contributed by atoms with E-state index in [1.165, 1.54) is 25.9 Å². The van der Waals surface area contributed by atoms with Crippen LogP contribution in [0.5, 0.6) is 5.75 Å². The van der Waals surface area contributed by atoms with Crippen LogP contribution in [0.15, 0.2) is 30.3 Å². The number of piperidine rings is 1. The Morgan fingerprint density at radius 3 is 2.79 bits per heavy atom. The van der Waals surface area contributed by atoms with Gasteiger partial charge in [-0.05, 0) is 37.4 Å². The molecule has 0 N–H and O–H groups in total. The zero-order chi connectivity index (χ0) is 13.3. The first-order chi connectivity index (χ1) is 9.34. The van der Waals surface area contributed by atoms with Crippen molar-refractivity contribution >= 4 is 0 Å². The van der Waals surface area contributed by atoms with E-state index in [1.807, 2.05) is 30.3 Å². The molecule has 0 saturated carbocycles. The lowest BCUT2D eigenvalue weighted by Crippen LogP contribution is -2.36. The summed E-state index contributed by atoms with van der Waals surface area (Å²) in [6.45, 7) is 7.94. The Morgan fingerprint density at radius 1 is 1.16 bits per heavy atom. The van der Waals surface area contributed by atoms with E-state index in [4.69, 9.17) is 9.47 Å². The fourth-order valence-corrected chi connectivity index (χ4v) is 2.52. The summed E-state index contributed by atoms with van der Waals surface area (Å²) >= 11 is 0. The highest BCUT2D eigenvalue weighted by Crippen LogP contribution is 2.14. The first-order valence-corrected chi connectivity index (χ1v) is 7.32. The van der Waals surface area contributed by atoms with E-state index in [0.29, 0.717) is 13.2 Å². The third kappa shape index (κ3) is 5.62. The van der Waals surface area contributed by atoms with Crippen molar-refractivity contribution in [2.24, 2.45) is 5.92 Å². The molecule has 0 spiro atoms. The second kappa shape index (κ2) is 8.18. The van der Waals surface area contributed by atoms with E-state index in [1.54, 1.807) is 0 Å². The van der Waals surface area contributed by atoms with Crippen molar-refractivity contribution in [3.05, 3.63) is 30.3 Å². The number of rotatable bonds is 7. The van der Waals surface area contributed by atoms with Crippen LogP contribution >= 0.6 is 0 Å². The zero-order valence-corrected chi connectivity index (χ0v) is 11.9. The number of benzene rings is 1. The maximum Gasteiger partial charge on any atom is 0.119 e. The standard InChI is InChI=1S/C16H25NO2/c1-15-6-5-9-17(14-15)10-11-18-12-13-19-16-7-3-2-4-8-16/h2-4,7-8,15H,5-6,9-14H2,1H3/t15-/m1/s1. The van der Waals surface area contributed by atoms with Crippen LogP contribution < -0.4 is 4.74 Å². The Kier molecular flexibility index (Phi) is 6.18. The molecule has 106 valence electrons. The quantitative estimate of drug-likeness (QED) is 0.706. The van der Waals surface area contributed by atoms with E-state index >= 15 is 0 Å². The van der Waals surface area contributed by atoms with Crippen LogP contribution in [0.25, 0.3) is 0 Å². The zero-order valence-electron chi connectivity index (χ0n) is 11.9. The van der Waals surface area contributed by atoms with Crippen molar-refractivity contribution in [2.45, 2.75) is 19.8 Å². The molecule has 19 heavy (non-hydrogen) atoms. The second-order valence-corrected chi connectivity index (χ2v) is 5.32. The molecule has 0 amide bonds. The van der Waals surface area contributed by atoms with Crippen LogP contribution in [0.4, 0.5) is 0 Å². The van der Waals surface area contributed by atoms with Gasteiger partial charge in [0.25, 0.3) is 0 Å². The van der Waals surface area contributed by atoms with Crippen LogP contribution in [-0.4, -0.2) is 44.4 Å². The molecule has 0 aliphatic carbocycles. The lowest BCUT2D eigenvalue weighted by molar-refractivity contribution is 0.0689. The van der Waals surface area contributed by atoms with E-state index in [9.17, 15) is 0 Å². The fourth-order valence-electron chi connectivity index (χ4n) is 2.52. The average Bonchev–Trinajstić information content (AvgIpc) is 2.44. The van der Waals surface area contributed by atoms with Gasteiger partial charge in [0.2, 0.25) is 0 Å². The van der Waals surface area contributed by atoms with Crippen LogP contribution in [-0.2, 0) is 4.74 Å². The Hall–Kier alpha value is -1.06. The monoisotopic (exact) mass is 263 g/mol. The molecule has 3 nitrogen and oxygen atoms in total. The molecule has 0 unspecified atom stereocenters. The first kappa shape index (κ1) is 14.4. The summed E-state index contributed by atoms with van der Waals surface area (Å²) in [6.07, 6.45) is 2.71. The first-order valence-electron chi connectivity index (χ1n) is 7.32. The van der Waals surface area contributed by atoms with Crippen molar-refractivity contribution in [2.75, 3.05) is 39.5 Å². The predicted molar refractivity (Wildman–Crippen MR) is 77.6 cm³/mol. The Balaban J connectivity index is 1.48. The van der Waals surface area contributed by atoms with Crippen LogP contribution in [0.1, 0.15) is 19.8 Å². The van der Waals surface area contributed by atoms with Crippen molar-refractivity contribution in [1.29, 1.82) is 0 Å². The average molecular weight is 263 g/mol. The maximum absolute atomic E-state index is 5.63. The van der Waals surface area contributed by atoms with Gasteiger partial charge in [0, 0.05) is 13.1 Å². The molecular weight excluding hydrogens is 238 g/mol. The highest BCUT2D eigenvalue weighted by molar-refractivity contribution is 5.20. The maximum atomic E-state index is 5.63. The Bertz CT molecular complexity index is 342. The highest BCUT2D eigenvalue weighted by Gasteiger charge is 2.15. The molecule has 1 aromatic carbocycles. The number of hydrogen-bond donors (Lipinski definition) is 0. The predicted octanol–water partition coefficient (Wildman–Crippen LogP) is 2.81. The summed E-state index contributed by atoms with van der Waals surface area (Å²) in [6, 6.07) is 9.88. The number of ether oxygens (including phenoxy) is 2. The highest BCUT2D eigenvalue weighted by atomic mass is 16.5. The van der Waals surface area contributed by atoms with Crippen molar-refractivity contribution < 1.29 is 9.47 Å². The molecular formula is C16H25NO2. The molecule has 1 saturated heterocycles. The molecule has 1 aliphatic heterocycles. The molecule has 1 aliphatic rings. The Labute approximate surface area is 116 Å². The minimum Gasteiger partial charge on any atom is -0.491 e. The van der Waals surface area contributed by atoms with E-state index in [-0.39, 0.29) is 0 Å². The fraction of sp³-hybridized carbons (Fsp3) is 0.625. The summed E-state index contributed by atoms with van der Waals surface area (Å²) in [5.41, 5.74) is 0. The molecule has 2 rings (SSSR count). The summed E-state index contributed by atoms with van der Waals surface area (Å²) in [4.78, 5) is 2.51. The van der Waals surface area contributed by atoms with Gasteiger partial charge in [0.1, 0.15) is 12.4 Å². The molecule has 0 radical (unpaired) electrons. The normalized spacial score (nSPS) is 20.4. The van der Waals surface area contributed by atoms with Crippen molar-refractivity contribution in [1.82, 2.24) is 4.90 Å². The SMILES string of the molecule is C[C@@H]1CCCN(CCOCCOc2ccccc2)C1. The lowest BCUT2D eigenvalue weighted by Gasteiger charge is -2.30. The third-order valence-electron chi connectivity index (χ3n) is 3.53. The molecule has 3 heteroatoms. The van der Waals surface area contributed by atoms with E-state index < -0.39 is 0 Å². The number of nitrogens with zero attached hydrogens (tertiary/aromatic N) is 1. The molecule has 0 aromatic heterocycles. The molecule has 1 heterocycles. The van der Waals surface area contributed by atoms with Gasteiger partial charge < -0.3 is 14.4 Å². The van der Waals surface area contributed by atoms with Crippen molar-refractivity contribution in [3.8, 4) is 5.75 Å². The summed E-state index contributed by atoms with van der Waals surface area (Å²) in [5.74, 6) is 1.76. The molecule has 0 bridgehead atoms. The lowest BCUT2D eigenvalue weighted by atomic mass is 10.0. The van der Waals surface area contributed by atoms with Gasteiger partial charge in [-0.25, -0.2) is 0 Å². The summed E-state index contributed by atoms with van der Waals surface area (Å²) in [7, 11) is 0. The summed E-state index contributed by atoms with van der Waals surface area (Å²) in [5, 5.41) is 0. The van der Waals surface area contributed by atoms with Crippen LogP contribution in [0, 0.1) is 5.92 Å². The van der Waals surface area contributed by atoms with Gasteiger partial charge in [-0.2, -0.15) is 0 Å². The smallest absolute Gasteiger partial charge is 0.119 e. The minimum absolute atomic E-state index is 0.625. The topological polar surface area (TPSA) is 21.7 Å². The Morgan fingerprint density at radius 2 is 2.00 bits per heavy atom. The molecule has 1 aromatic rings. The number of para-hydroxylation sites is 1. The summed E-state index contributed by atoms with van der Waals surface area (Å²) < 4.78 is 11.2. The van der Waals surface area contributed by atoms with Gasteiger partial charge in [0.15, 0.2) is 0 Å². The van der Waals surface area contributed by atoms with Gasteiger partial charge in [-0.1, -0.05) is 25.1 Å². The third-order valence-corrected chi connectivity index (χ3v) is 3.53. The van der Waals surface area contributed by atoms with Gasteiger partial charge in [0.05, 0.1) is 13.2 Å².